The SMILES string of the molecule is COCCOCCOCCOCC(COCCOCCOCCOC)Oc1ccc(-c2c3ccccc3c(-c3ccc(OC(COCCOCCOCCOC)COCCOCCOCCOC)cc3)c3ccccc23)cc1. The Bertz CT molecular complexity index is 1970. The molecule has 0 spiro atoms. The molecule has 0 saturated heterocycles. The van der Waals surface area contributed by atoms with Crippen molar-refractivity contribution in [2.24, 2.45) is 0 Å². The molecule has 434 valence electrons. The Morgan fingerprint density at radius 2 is 0.449 bits per heavy atom. The van der Waals surface area contributed by atoms with Crippen LogP contribution in [-0.2, 0) is 75.8 Å². The van der Waals surface area contributed by atoms with Gasteiger partial charge in [-0.25, -0.2) is 0 Å². The number of rotatable bonds is 50. The number of methoxy groups -OCH3 is 4. The molecular formula is C60H86O18. The molecule has 78 heavy (non-hydrogen) atoms. The van der Waals surface area contributed by atoms with E-state index in [0.717, 1.165) is 43.8 Å². The van der Waals surface area contributed by atoms with Crippen molar-refractivity contribution in [3.8, 4) is 33.8 Å². The lowest BCUT2D eigenvalue weighted by molar-refractivity contribution is -0.0407. The third kappa shape index (κ3) is 25.8. The van der Waals surface area contributed by atoms with E-state index in [-0.39, 0.29) is 12.2 Å². The lowest BCUT2D eigenvalue weighted by Crippen LogP contribution is -2.30. The molecule has 5 aromatic carbocycles. The second-order valence-corrected chi connectivity index (χ2v) is 17.5. The van der Waals surface area contributed by atoms with Gasteiger partial charge in [0.2, 0.25) is 0 Å². The van der Waals surface area contributed by atoms with E-state index in [1.54, 1.807) is 28.4 Å². The zero-order chi connectivity index (χ0) is 54.8. The first-order chi connectivity index (χ1) is 38.7. The van der Waals surface area contributed by atoms with Gasteiger partial charge in [-0.2, -0.15) is 0 Å². The Morgan fingerprint density at radius 3 is 0.667 bits per heavy atom. The lowest BCUT2D eigenvalue weighted by atomic mass is 9.86. The fourth-order valence-electron chi connectivity index (χ4n) is 7.96. The van der Waals surface area contributed by atoms with Crippen molar-refractivity contribution in [2.45, 2.75) is 12.2 Å². The monoisotopic (exact) mass is 1090 g/mol. The molecule has 0 saturated carbocycles. The maximum Gasteiger partial charge on any atom is 0.145 e. The average molecular weight is 1100 g/mol. The summed E-state index contributed by atoms with van der Waals surface area (Å²) in [5.74, 6) is 1.40. The molecule has 18 heteroatoms. The molecule has 0 unspecified atom stereocenters. The largest absolute Gasteiger partial charge is 0.486 e. The van der Waals surface area contributed by atoms with Crippen LogP contribution in [0.3, 0.4) is 0 Å². The van der Waals surface area contributed by atoms with Gasteiger partial charge in [0, 0.05) is 28.4 Å². The fourth-order valence-corrected chi connectivity index (χ4v) is 7.96. The quantitative estimate of drug-likeness (QED) is 0.0276. The molecule has 0 fully saturated rings. The molecule has 18 nitrogen and oxygen atoms in total. The van der Waals surface area contributed by atoms with Gasteiger partial charge >= 0.3 is 0 Å². The van der Waals surface area contributed by atoms with Crippen molar-refractivity contribution in [3.63, 3.8) is 0 Å². The lowest BCUT2D eigenvalue weighted by Gasteiger charge is -2.21. The van der Waals surface area contributed by atoms with E-state index in [1.165, 1.54) is 0 Å². The van der Waals surface area contributed by atoms with Gasteiger partial charge in [0.15, 0.2) is 0 Å². The van der Waals surface area contributed by atoms with Crippen LogP contribution in [0.1, 0.15) is 0 Å². The Morgan fingerprint density at radius 1 is 0.244 bits per heavy atom. The minimum atomic E-state index is -0.378. The van der Waals surface area contributed by atoms with Gasteiger partial charge in [-0.15, -0.1) is 0 Å². The van der Waals surface area contributed by atoms with Crippen LogP contribution in [0.4, 0.5) is 0 Å². The number of hydrogen-bond acceptors (Lipinski definition) is 18. The molecule has 0 aromatic heterocycles. The minimum Gasteiger partial charge on any atom is -0.486 e. The summed E-state index contributed by atoms with van der Waals surface area (Å²) in [6, 6.07) is 33.6. The topological polar surface area (TPSA) is 166 Å². The first-order valence-electron chi connectivity index (χ1n) is 27.0. The van der Waals surface area contributed by atoms with Gasteiger partial charge in [-0.3, -0.25) is 0 Å². The summed E-state index contributed by atoms with van der Waals surface area (Å²) in [7, 11) is 6.59. The van der Waals surface area contributed by atoms with Crippen molar-refractivity contribution >= 4 is 21.5 Å². The summed E-state index contributed by atoms with van der Waals surface area (Å²) in [6.45, 7) is 12.8. The zero-order valence-electron chi connectivity index (χ0n) is 46.5. The first kappa shape index (κ1) is 64.4. The number of hydrogen-bond donors (Lipinski definition) is 0. The maximum absolute atomic E-state index is 6.51. The summed E-state index contributed by atoms with van der Waals surface area (Å²) in [6.07, 6.45) is -0.756. The standard InChI is InChI=1S/C60H86O18/c1-61-21-25-65-29-33-69-37-41-73-45-53(46-74-42-38-70-34-30-66-26-22-62-2)77-51-17-13-49(14-18-51)59-55-9-5-7-11-57(55)60(58-12-8-6-10-56(58)59)50-15-19-52(20-16-50)78-54(47-75-43-39-71-35-31-67-27-23-63-3)48-76-44-40-72-36-32-68-28-24-64-4/h5-20,53-54H,21-48H2,1-4H3. The number of benzene rings is 5. The van der Waals surface area contributed by atoms with Crippen molar-refractivity contribution in [1.82, 2.24) is 0 Å². The summed E-state index contributed by atoms with van der Waals surface area (Å²) in [5.41, 5.74) is 4.40. The van der Waals surface area contributed by atoms with E-state index >= 15 is 0 Å². The van der Waals surface area contributed by atoms with Crippen LogP contribution in [0, 0.1) is 0 Å². The van der Waals surface area contributed by atoms with E-state index in [1.807, 2.05) is 24.3 Å². The highest BCUT2D eigenvalue weighted by atomic mass is 16.6. The minimum absolute atomic E-state index is 0.309. The van der Waals surface area contributed by atoms with E-state index in [9.17, 15) is 0 Å². The summed E-state index contributed by atoms with van der Waals surface area (Å²) < 4.78 is 102. The second kappa shape index (κ2) is 42.5. The zero-order valence-corrected chi connectivity index (χ0v) is 46.5. The van der Waals surface area contributed by atoms with Gasteiger partial charge in [-0.05, 0) is 68.1 Å². The van der Waals surface area contributed by atoms with E-state index in [0.29, 0.717) is 196 Å². The van der Waals surface area contributed by atoms with Crippen molar-refractivity contribution in [3.05, 3.63) is 97.1 Å². The molecule has 0 aliphatic rings. The molecule has 0 aliphatic carbocycles. The van der Waals surface area contributed by atoms with Crippen LogP contribution < -0.4 is 9.47 Å². The number of fused-ring (bicyclic) bond motifs is 2. The highest BCUT2D eigenvalue weighted by Crippen LogP contribution is 2.44. The first-order valence-corrected chi connectivity index (χ1v) is 27.0. The predicted molar refractivity (Wildman–Crippen MR) is 298 cm³/mol. The van der Waals surface area contributed by atoms with Gasteiger partial charge in [-0.1, -0.05) is 72.8 Å². The highest BCUT2D eigenvalue weighted by molar-refractivity contribution is 6.21. The van der Waals surface area contributed by atoms with Crippen LogP contribution in [0.25, 0.3) is 43.8 Å². The molecule has 0 bridgehead atoms. The molecule has 0 radical (unpaired) electrons. The van der Waals surface area contributed by atoms with E-state index < -0.39 is 0 Å². The third-order valence-electron chi connectivity index (χ3n) is 11.7. The Kier molecular flexibility index (Phi) is 35.1. The van der Waals surface area contributed by atoms with E-state index in [4.69, 9.17) is 85.3 Å². The smallest absolute Gasteiger partial charge is 0.145 e. The van der Waals surface area contributed by atoms with Crippen molar-refractivity contribution < 1.29 is 85.3 Å². The summed E-state index contributed by atoms with van der Waals surface area (Å²) in [4.78, 5) is 0. The predicted octanol–water partition coefficient (Wildman–Crippen LogP) is 7.61. The third-order valence-corrected chi connectivity index (χ3v) is 11.7. The van der Waals surface area contributed by atoms with Gasteiger partial charge in [0.05, 0.1) is 185 Å². The Hall–Kier alpha value is -4.42. The Balaban J connectivity index is 1.24. The second-order valence-electron chi connectivity index (χ2n) is 17.5. The van der Waals surface area contributed by atoms with Crippen LogP contribution in [0.15, 0.2) is 97.1 Å². The normalized spacial score (nSPS) is 11.8. The van der Waals surface area contributed by atoms with Crippen LogP contribution in [-0.4, -0.2) is 226 Å². The molecule has 0 N–H and O–H groups in total. The Labute approximate surface area is 461 Å². The van der Waals surface area contributed by atoms with Crippen LogP contribution in [0.5, 0.6) is 11.5 Å². The molecular weight excluding hydrogens is 1010 g/mol. The molecule has 5 rings (SSSR count). The average Bonchev–Trinajstić information content (AvgIpc) is 3.59. The van der Waals surface area contributed by atoms with Crippen LogP contribution >= 0.6 is 0 Å². The molecule has 0 amide bonds. The summed E-state index contributed by atoms with van der Waals surface area (Å²) >= 11 is 0. The molecule has 5 aromatic rings. The van der Waals surface area contributed by atoms with Crippen molar-refractivity contribution in [1.29, 1.82) is 0 Å². The van der Waals surface area contributed by atoms with Gasteiger partial charge in [0.1, 0.15) is 23.7 Å². The van der Waals surface area contributed by atoms with E-state index in [2.05, 4.69) is 72.8 Å². The van der Waals surface area contributed by atoms with Gasteiger partial charge < -0.3 is 85.3 Å². The summed E-state index contributed by atoms with van der Waals surface area (Å²) in [5, 5.41) is 4.53. The fraction of sp³-hybridized carbons (Fsp3) is 0.567. The van der Waals surface area contributed by atoms with Crippen LogP contribution in [0.2, 0.25) is 0 Å². The van der Waals surface area contributed by atoms with Gasteiger partial charge in [0.25, 0.3) is 0 Å². The molecule has 0 atom stereocenters. The maximum atomic E-state index is 6.51. The van der Waals surface area contributed by atoms with Crippen molar-refractivity contribution in [2.75, 3.05) is 213 Å². The highest BCUT2D eigenvalue weighted by Gasteiger charge is 2.19. The number of ether oxygens (including phenoxy) is 18. The molecule has 0 aliphatic heterocycles. The molecule has 0 heterocycles.